The number of hydrogen-bond donors (Lipinski definition) is 2. The molecule has 120 valence electrons. The number of hydrazine groups is 1. The van der Waals surface area contributed by atoms with E-state index in [1.807, 2.05) is 14.1 Å². The van der Waals surface area contributed by atoms with Crippen LogP contribution in [0.2, 0.25) is 0 Å². The van der Waals surface area contributed by atoms with Gasteiger partial charge in [-0.3, -0.25) is 11.3 Å². The fourth-order valence-corrected chi connectivity index (χ4v) is 4.17. The van der Waals surface area contributed by atoms with E-state index in [4.69, 9.17) is 5.84 Å². The van der Waals surface area contributed by atoms with Crippen LogP contribution in [-0.2, 0) is 6.18 Å². The average Bonchev–Trinajstić information content (AvgIpc) is 2.90. The zero-order valence-electron chi connectivity index (χ0n) is 12.2. The third-order valence-electron chi connectivity index (χ3n) is 4.36. The highest BCUT2D eigenvalue weighted by Crippen LogP contribution is 2.44. The fraction of sp³-hybridized carbons (Fsp3) is 0.769. The molecule has 0 amide bonds. The summed E-state index contributed by atoms with van der Waals surface area (Å²) in [7, 11) is 3.92. The fourth-order valence-electron chi connectivity index (χ4n) is 3.21. The van der Waals surface area contributed by atoms with Crippen molar-refractivity contribution in [3.63, 3.8) is 0 Å². The quantitative estimate of drug-likeness (QED) is 0.661. The molecule has 2 rings (SSSR count). The Bertz CT molecular complexity index is 466. The van der Waals surface area contributed by atoms with E-state index in [9.17, 15) is 13.2 Å². The third kappa shape index (κ3) is 3.23. The summed E-state index contributed by atoms with van der Waals surface area (Å²) in [6.07, 6.45) is 1.99. The van der Waals surface area contributed by atoms with Crippen LogP contribution in [0.25, 0.3) is 0 Å². The maximum absolute atomic E-state index is 12.8. The van der Waals surface area contributed by atoms with Crippen LogP contribution in [-0.4, -0.2) is 29.5 Å². The lowest BCUT2D eigenvalue weighted by Crippen LogP contribution is -2.56. The molecule has 0 aromatic carbocycles. The first-order valence-electron chi connectivity index (χ1n) is 6.98. The summed E-state index contributed by atoms with van der Waals surface area (Å²) in [6.45, 7) is 0. The van der Waals surface area contributed by atoms with Crippen molar-refractivity contribution in [1.82, 2.24) is 15.3 Å². The Morgan fingerprint density at radius 1 is 1.33 bits per heavy atom. The summed E-state index contributed by atoms with van der Waals surface area (Å²) in [4.78, 5) is 6.15. The monoisotopic (exact) mass is 322 g/mol. The van der Waals surface area contributed by atoms with E-state index in [2.05, 4.69) is 15.3 Å². The Kier molecular flexibility index (Phi) is 4.92. The van der Waals surface area contributed by atoms with Gasteiger partial charge < -0.3 is 4.90 Å². The molecule has 1 aromatic heterocycles. The summed E-state index contributed by atoms with van der Waals surface area (Å²) in [5, 5.41) is -0.817. The van der Waals surface area contributed by atoms with E-state index in [0.717, 1.165) is 32.1 Å². The maximum Gasteiger partial charge on any atom is 0.443 e. The van der Waals surface area contributed by atoms with E-state index >= 15 is 0 Å². The number of rotatable bonds is 4. The van der Waals surface area contributed by atoms with Gasteiger partial charge in [-0.25, -0.2) is 4.98 Å². The van der Waals surface area contributed by atoms with Crippen molar-refractivity contribution in [2.75, 3.05) is 14.1 Å². The standard InChI is InChI=1S/C13H21F3N4S/c1-20(2)12(6-4-3-5-7-12)10(19-17)9-8-18-11(21-9)13(14,15)16/h8,10,19H,3-7,17H2,1-2H3. The Morgan fingerprint density at radius 3 is 2.38 bits per heavy atom. The van der Waals surface area contributed by atoms with Crippen LogP contribution < -0.4 is 11.3 Å². The molecule has 4 nitrogen and oxygen atoms in total. The van der Waals surface area contributed by atoms with Crippen LogP contribution in [0.15, 0.2) is 6.20 Å². The second-order valence-corrected chi connectivity index (χ2v) is 6.79. The second-order valence-electron chi connectivity index (χ2n) is 5.72. The smallest absolute Gasteiger partial charge is 0.302 e. The second kappa shape index (κ2) is 6.20. The van der Waals surface area contributed by atoms with Gasteiger partial charge in [0.25, 0.3) is 0 Å². The maximum atomic E-state index is 12.8. The van der Waals surface area contributed by atoms with Gasteiger partial charge in [0.2, 0.25) is 0 Å². The van der Waals surface area contributed by atoms with Gasteiger partial charge in [-0.15, -0.1) is 11.3 Å². The molecule has 0 aliphatic heterocycles. The SMILES string of the molecule is CN(C)C1(C(NN)c2cnc(C(F)(F)F)s2)CCCCC1. The molecular formula is C13H21F3N4S. The summed E-state index contributed by atoms with van der Waals surface area (Å²) in [6, 6.07) is -0.346. The van der Waals surface area contributed by atoms with E-state index in [1.54, 1.807) is 0 Å². The summed E-state index contributed by atoms with van der Waals surface area (Å²) < 4.78 is 38.3. The number of nitrogens with one attached hydrogen (secondary N) is 1. The lowest BCUT2D eigenvalue weighted by molar-refractivity contribution is -0.137. The zero-order valence-corrected chi connectivity index (χ0v) is 13.0. The Balaban J connectivity index is 2.35. The van der Waals surface area contributed by atoms with Crippen LogP contribution in [0.4, 0.5) is 13.2 Å². The summed E-state index contributed by atoms with van der Waals surface area (Å²) in [5.41, 5.74) is 2.47. The number of hydrogen-bond acceptors (Lipinski definition) is 5. The molecule has 8 heteroatoms. The van der Waals surface area contributed by atoms with Crippen LogP contribution in [0.5, 0.6) is 0 Å². The number of nitrogens with zero attached hydrogens (tertiary/aromatic N) is 2. The molecule has 0 radical (unpaired) electrons. The molecule has 1 unspecified atom stereocenters. The Morgan fingerprint density at radius 2 is 1.95 bits per heavy atom. The molecule has 0 bridgehead atoms. The zero-order chi connectivity index (χ0) is 15.7. The number of halogens is 3. The predicted molar refractivity (Wildman–Crippen MR) is 76.7 cm³/mol. The van der Waals surface area contributed by atoms with Gasteiger partial charge in [0.1, 0.15) is 0 Å². The van der Waals surface area contributed by atoms with Crippen molar-refractivity contribution in [3.05, 3.63) is 16.1 Å². The number of likely N-dealkylation sites (N-methyl/N-ethyl adjacent to an activating group) is 1. The van der Waals surface area contributed by atoms with Crippen molar-refractivity contribution < 1.29 is 13.2 Å². The molecule has 1 aromatic rings. The minimum Gasteiger partial charge on any atom is -0.302 e. The van der Waals surface area contributed by atoms with E-state index in [1.165, 1.54) is 6.20 Å². The van der Waals surface area contributed by atoms with Crippen LogP contribution in [0.3, 0.4) is 0 Å². The normalized spacial score (nSPS) is 20.7. The first-order chi connectivity index (χ1) is 9.81. The van der Waals surface area contributed by atoms with Crippen molar-refractivity contribution in [2.45, 2.75) is 49.9 Å². The Labute approximate surface area is 126 Å². The molecule has 21 heavy (non-hydrogen) atoms. The minimum atomic E-state index is -4.40. The van der Waals surface area contributed by atoms with E-state index in [-0.39, 0.29) is 11.6 Å². The molecule has 1 heterocycles. The third-order valence-corrected chi connectivity index (χ3v) is 5.47. The van der Waals surface area contributed by atoms with Gasteiger partial charge in [-0.1, -0.05) is 19.3 Å². The topological polar surface area (TPSA) is 54.2 Å². The largest absolute Gasteiger partial charge is 0.443 e. The van der Waals surface area contributed by atoms with Gasteiger partial charge >= 0.3 is 6.18 Å². The van der Waals surface area contributed by atoms with Crippen molar-refractivity contribution >= 4 is 11.3 Å². The molecule has 1 aliphatic carbocycles. The highest BCUT2D eigenvalue weighted by atomic mass is 32.1. The first-order valence-corrected chi connectivity index (χ1v) is 7.79. The van der Waals surface area contributed by atoms with Gasteiger partial charge in [0, 0.05) is 16.6 Å². The van der Waals surface area contributed by atoms with E-state index < -0.39 is 11.2 Å². The number of thiazole rings is 1. The number of aromatic nitrogens is 1. The molecule has 1 saturated carbocycles. The van der Waals surface area contributed by atoms with Gasteiger partial charge in [0.15, 0.2) is 5.01 Å². The first kappa shape index (κ1) is 16.7. The number of nitrogens with two attached hydrogens (primary N) is 1. The van der Waals surface area contributed by atoms with Gasteiger partial charge in [-0.2, -0.15) is 13.2 Å². The molecule has 3 N–H and O–H groups in total. The molecule has 1 atom stereocenters. The van der Waals surface area contributed by atoms with Crippen molar-refractivity contribution in [3.8, 4) is 0 Å². The van der Waals surface area contributed by atoms with Crippen molar-refractivity contribution in [1.29, 1.82) is 0 Å². The predicted octanol–water partition coefficient (Wildman–Crippen LogP) is 2.93. The average molecular weight is 322 g/mol. The minimum absolute atomic E-state index is 0.262. The highest BCUT2D eigenvalue weighted by Gasteiger charge is 2.44. The molecule has 1 fully saturated rings. The summed E-state index contributed by atoms with van der Waals surface area (Å²) in [5.74, 6) is 5.70. The van der Waals surface area contributed by atoms with Gasteiger partial charge in [-0.05, 0) is 26.9 Å². The number of alkyl halides is 3. The molecule has 1 aliphatic rings. The summed E-state index contributed by atoms with van der Waals surface area (Å²) >= 11 is 0.677. The van der Waals surface area contributed by atoms with Crippen molar-refractivity contribution in [2.24, 2.45) is 5.84 Å². The molecular weight excluding hydrogens is 301 g/mol. The van der Waals surface area contributed by atoms with Gasteiger partial charge in [0.05, 0.1) is 6.04 Å². The van der Waals surface area contributed by atoms with Crippen LogP contribution in [0, 0.1) is 0 Å². The Hall–Kier alpha value is -0.700. The molecule has 0 spiro atoms. The highest BCUT2D eigenvalue weighted by molar-refractivity contribution is 7.11. The lowest BCUT2D eigenvalue weighted by Gasteiger charge is -2.47. The van der Waals surface area contributed by atoms with Crippen LogP contribution >= 0.6 is 11.3 Å². The van der Waals surface area contributed by atoms with Crippen LogP contribution in [0.1, 0.15) is 48.0 Å². The van der Waals surface area contributed by atoms with E-state index in [0.29, 0.717) is 16.2 Å². The lowest BCUT2D eigenvalue weighted by atomic mass is 9.75. The molecule has 0 saturated heterocycles.